The molecule has 0 saturated carbocycles. The van der Waals surface area contributed by atoms with Gasteiger partial charge in [0.25, 0.3) is 0 Å². The zero-order valence-electron chi connectivity index (χ0n) is 10.6. The van der Waals surface area contributed by atoms with Crippen molar-refractivity contribution in [2.45, 2.75) is 25.7 Å². The minimum atomic E-state index is -3.48. The number of aromatic nitrogens is 2. The molecule has 0 atom stereocenters. The molecule has 0 aliphatic heterocycles. The number of likely N-dealkylation sites (N-methyl/N-ethyl adjacent to an activating group) is 1. The van der Waals surface area contributed by atoms with E-state index in [1.165, 1.54) is 4.31 Å². The molecule has 1 rings (SSSR count). The summed E-state index contributed by atoms with van der Waals surface area (Å²) in [4.78, 5) is 0.274. The van der Waals surface area contributed by atoms with Crippen LogP contribution in [0.2, 0.25) is 0 Å². The maximum Gasteiger partial charge on any atom is 0.246 e. The summed E-state index contributed by atoms with van der Waals surface area (Å²) in [6.45, 7) is 6.33. The average molecular weight is 261 g/mol. The number of aryl methyl sites for hydroxylation is 2. The summed E-state index contributed by atoms with van der Waals surface area (Å²) in [6, 6.07) is 0. The highest BCUT2D eigenvalue weighted by Gasteiger charge is 2.28. The Kier molecular flexibility index (Phi) is 4.67. The molecule has 0 aliphatic carbocycles. The second kappa shape index (κ2) is 5.61. The van der Waals surface area contributed by atoms with E-state index in [-0.39, 0.29) is 4.90 Å². The van der Waals surface area contributed by atoms with E-state index in [2.05, 4.69) is 10.2 Å². The van der Waals surface area contributed by atoms with Crippen LogP contribution in [0.3, 0.4) is 0 Å². The van der Waals surface area contributed by atoms with Crippen molar-refractivity contribution in [3.05, 3.63) is 11.4 Å². The first-order chi connectivity index (χ1) is 7.95. The highest BCUT2D eigenvalue weighted by atomic mass is 32.2. The highest BCUT2D eigenvalue weighted by Crippen LogP contribution is 2.21. The highest BCUT2D eigenvalue weighted by molar-refractivity contribution is 7.89. The third-order valence-electron chi connectivity index (χ3n) is 2.56. The van der Waals surface area contributed by atoms with Crippen molar-refractivity contribution < 1.29 is 13.2 Å². The number of nitrogens with zero attached hydrogens (tertiary/aromatic N) is 2. The lowest BCUT2D eigenvalue weighted by molar-refractivity contribution is 0.180. The Morgan fingerprint density at radius 3 is 2.47 bits per heavy atom. The minimum absolute atomic E-state index is 0.274. The van der Waals surface area contributed by atoms with Gasteiger partial charge in [-0.15, -0.1) is 0 Å². The zero-order valence-corrected chi connectivity index (χ0v) is 11.5. The SMILES string of the molecule is CCN(CCOC)S(=O)(=O)c1c(C)n[nH]c1C. The van der Waals surface area contributed by atoms with E-state index < -0.39 is 10.0 Å². The van der Waals surface area contributed by atoms with Crippen molar-refractivity contribution in [1.29, 1.82) is 0 Å². The molecule has 0 fully saturated rings. The Balaban J connectivity index is 3.09. The maximum absolute atomic E-state index is 12.4. The van der Waals surface area contributed by atoms with Crippen LogP contribution >= 0.6 is 0 Å². The Morgan fingerprint density at radius 2 is 2.06 bits per heavy atom. The second-order valence-corrected chi connectivity index (χ2v) is 5.63. The molecule has 1 aromatic rings. The molecule has 1 aromatic heterocycles. The van der Waals surface area contributed by atoms with E-state index in [4.69, 9.17) is 4.74 Å². The van der Waals surface area contributed by atoms with Gasteiger partial charge in [-0.25, -0.2) is 8.42 Å². The number of methoxy groups -OCH3 is 1. The third-order valence-corrected chi connectivity index (χ3v) is 4.79. The topological polar surface area (TPSA) is 75.3 Å². The molecule has 0 unspecified atom stereocenters. The maximum atomic E-state index is 12.4. The Labute approximate surface area is 102 Å². The van der Waals surface area contributed by atoms with E-state index >= 15 is 0 Å². The Hall–Kier alpha value is -0.920. The molecule has 0 spiro atoms. The van der Waals surface area contributed by atoms with Crippen LogP contribution in [0.5, 0.6) is 0 Å². The number of nitrogens with one attached hydrogen (secondary N) is 1. The Bertz CT molecular complexity index is 448. The molecule has 98 valence electrons. The quantitative estimate of drug-likeness (QED) is 0.817. The van der Waals surface area contributed by atoms with Crippen molar-refractivity contribution in [2.75, 3.05) is 26.8 Å². The van der Waals surface area contributed by atoms with Gasteiger partial charge in [-0.2, -0.15) is 9.40 Å². The van der Waals surface area contributed by atoms with Crippen LogP contribution in [0.4, 0.5) is 0 Å². The molecule has 0 aromatic carbocycles. The summed E-state index contributed by atoms with van der Waals surface area (Å²) in [6.07, 6.45) is 0. The fourth-order valence-electron chi connectivity index (χ4n) is 1.69. The number of H-pyrrole nitrogens is 1. The fraction of sp³-hybridized carbons (Fsp3) is 0.700. The zero-order chi connectivity index (χ0) is 13.1. The number of sulfonamides is 1. The summed E-state index contributed by atoms with van der Waals surface area (Å²) in [5, 5.41) is 6.61. The number of rotatable bonds is 6. The fourth-order valence-corrected chi connectivity index (χ4v) is 3.46. The van der Waals surface area contributed by atoms with Gasteiger partial charge < -0.3 is 4.74 Å². The van der Waals surface area contributed by atoms with E-state index in [9.17, 15) is 8.42 Å². The summed E-state index contributed by atoms with van der Waals surface area (Å²) in [7, 11) is -1.93. The number of aromatic amines is 1. The third kappa shape index (κ3) is 2.85. The van der Waals surface area contributed by atoms with Crippen LogP contribution in [0, 0.1) is 13.8 Å². The first-order valence-corrected chi connectivity index (χ1v) is 6.89. The van der Waals surface area contributed by atoms with Gasteiger partial charge in [0.05, 0.1) is 18.0 Å². The monoisotopic (exact) mass is 261 g/mol. The minimum Gasteiger partial charge on any atom is -0.383 e. The number of hydrogen-bond donors (Lipinski definition) is 1. The second-order valence-electron chi connectivity index (χ2n) is 3.75. The van der Waals surface area contributed by atoms with Gasteiger partial charge in [0.1, 0.15) is 4.90 Å². The molecule has 1 N–H and O–H groups in total. The van der Waals surface area contributed by atoms with Gasteiger partial charge in [0.15, 0.2) is 0 Å². The van der Waals surface area contributed by atoms with E-state index in [0.29, 0.717) is 31.1 Å². The van der Waals surface area contributed by atoms with Gasteiger partial charge in [0.2, 0.25) is 10.0 Å². The van der Waals surface area contributed by atoms with Crippen LogP contribution in [0.25, 0.3) is 0 Å². The van der Waals surface area contributed by atoms with Crippen LogP contribution in [0.15, 0.2) is 4.90 Å². The van der Waals surface area contributed by atoms with Crippen molar-refractivity contribution in [1.82, 2.24) is 14.5 Å². The molecule has 0 amide bonds. The summed E-state index contributed by atoms with van der Waals surface area (Å²) >= 11 is 0. The molecule has 1 heterocycles. The van der Waals surface area contributed by atoms with Gasteiger partial charge >= 0.3 is 0 Å². The standard InChI is InChI=1S/C10H19N3O3S/c1-5-13(6-7-16-4)17(14,15)10-8(2)11-12-9(10)3/h5-7H2,1-4H3,(H,11,12). The van der Waals surface area contributed by atoms with Gasteiger partial charge in [0, 0.05) is 20.2 Å². The van der Waals surface area contributed by atoms with E-state index in [1.807, 2.05) is 0 Å². The molecule has 0 saturated heterocycles. The predicted octanol–water partition coefficient (Wildman–Crippen LogP) is 0.684. The number of ether oxygens (including phenoxy) is 1. The summed E-state index contributed by atoms with van der Waals surface area (Å²) in [5.41, 5.74) is 1.07. The first kappa shape index (κ1) is 14.1. The molecule has 0 radical (unpaired) electrons. The van der Waals surface area contributed by atoms with Crippen LogP contribution in [0.1, 0.15) is 18.3 Å². The van der Waals surface area contributed by atoms with Crippen molar-refractivity contribution >= 4 is 10.0 Å². The lowest BCUT2D eigenvalue weighted by Crippen LogP contribution is -2.34. The molecule has 6 nitrogen and oxygen atoms in total. The normalized spacial score (nSPS) is 12.3. The molecule has 7 heteroatoms. The predicted molar refractivity (Wildman–Crippen MR) is 64.4 cm³/mol. The van der Waals surface area contributed by atoms with Crippen molar-refractivity contribution in [3.8, 4) is 0 Å². The van der Waals surface area contributed by atoms with Crippen LogP contribution < -0.4 is 0 Å². The molecular formula is C10H19N3O3S. The average Bonchev–Trinajstić information content (AvgIpc) is 2.59. The van der Waals surface area contributed by atoms with E-state index in [0.717, 1.165) is 0 Å². The van der Waals surface area contributed by atoms with Crippen molar-refractivity contribution in [3.63, 3.8) is 0 Å². The molecule has 0 aliphatic rings. The van der Waals surface area contributed by atoms with Crippen molar-refractivity contribution in [2.24, 2.45) is 0 Å². The van der Waals surface area contributed by atoms with Gasteiger partial charge in [-0.1, -0.05) is 6.92 Å². The lowest BCUT2D eigenvalue weighted by atomic mass is 10.4. The molecule has 17 heavy (non-hydrogen) atoms. The summed E-state index contributed by atoms with van der Waals surface area (Å²) in [5.74, 6) is 0. The van der Waals surface area contributed by atoms with E-state index in [1.54, 1.807) is 27.9 Å². The van der Waals surface area contributed by atoms with Crippen LogP contribution in [-0.4, -0.2) is 49.7 Å². The molecular weight excluding hydrogens is 242 g/mol. The number of hydrogen-bond acceptors (Lipinski definition) is 4. The first-order valence-electron chi connectivity index (χ1n) is 5.45. The Morgan fingerprint density at radius 1 is 1.41 bits per heavy atom. The summed E-state index contributed by atoms with van der Waals surface area (Å²) < 4.78 is 31.1. The van der Waals surface area contributed by atoms with Crippen LogP contribution in [-0.2, 0) is 14.8 Å². The lowest BCUT2D eigenvalue weighted by Gasteiger charge is -2.20. The van der Waals surface area contributed by atoms with Gasteiger partial charge in [-0.3, -0.25) is 5.10 Å². The van der Waals surface area contributed by atoms with Gasteiger partial charge in [-0.05, 0) is 13.8 Å². The largest absolute Gasteiger partial charge is 0.383 e. The molecule has 0 bridgehead atoms. The smallest absolute Gasteiger partial charge is 0.246 e.